The number of nitrogen functional groups attached to an aromatic ring is 1. The summed E-state index contributed by atoms with van der Waals surface area (Å²) in [6.45, 7) is 4.05. The van der Waals surface area contributed by atoms with Crippen molar-refractivity contribution in [1.82, 2.24) is 15.3 Å². The Kier molecular flexibility index (Phi) is 6.96. The number of nitrogens with one attached hydrogen (secondary N) is 2. The summed E-state index contributed by atoms with van der Waals surface area (Å²) in [6, 6.07) is 7.06. The van der Waals surface area contributed by atoms with Crippen molar-refractivity contribution in [3.8, 4) is 0 Å². The molecule has 1 unspecified atom stereocenters. The number of aryl methyl sites for hydroxylation is 1. The summed E-state index contributed by atoms with van der Waals surface area (Å²) in [5, 5.41) is 24.0. The van der Waals surface area contributed by atoms with E-state index in [4.69, 9.17) is 10.7 Å². The average Bonchev–Trinajstić information content (AvgIpc) is 3.15. The highest BCUT2D eigenvalue weighted by Gasteiger charge is 2.24. The fourth-order valence-corrected chi connectivity index (χ4v) is 5.31. The number of aliphatic hydroxyl groups excluding tert-OH is 1. The maximum absolute atomic E-state index is 11.5. The lowest BCUT2D eigenvalue weighted by atomic mass is 10.0. The smallest absolute Gasteiger partial charge is 0.348 e. The van der Waals surface area contributed by atoms with Gasteiger partial charge in [-0.3, -0.25) is 4.79 Å². The Bertz CT molecular complexity index is 1200. The first kappa shape index (κ1) is 23.2. The van der Waals surface area contributed by atoms with E-state index in [2.05, 4.69) is 22.1 Å². The van der Waals surface area contributed by atoms with Gasteiger partial charge in [-0.1, -0.05) is 19.4 Å². The van der Waals surface area contributed by atoms with Crippen LogP contribution in [0.5, 0.6) is 0 Å². The van der Waals surface area contributed by atoms with Crippen molar-refractivity contribution in [3.05, 3.63) is 50.8 Å². The standard InChI is InChI=1S/C23H29N5O4S/c1-2-4-13-11-17(27-22-19(13)20(24)21(33-22)23(31)32)28-9-7-14(8-10-28)25-12-16(29)15-5-3-6-18(30)26-15/h3,5-6,11,14,16,25,29H,2,4,7-10,12,24H2,1H3,(H,26,30)(H,31,32). The van der Waals surface area contributed by atoms with Gasteiger partial charge in [-0.25, -0.2) is 9.78 Å². The monoisotopic (exact) mass is 471 g/mol. The third-order valence-electron chi connectivity index (χ3n) is 6.05. The molecule has 1 atom stereocenters. The molecule has 1 aliphatic rings. The molecule has 9 nitrogen and oxygen atoms in total. The zero-order chi connectivity index (χ0) is 23.5. The quantitative estimate of drug-likeness (QED) is 0.337. The van der Waals surface area contributed by atoms with Crippen LogP contribution in [-0.4, -0.2) is 51.8 Å². The SMILES string of the molecule is CCCc1cc(N2CCC(NCC(O)c3cccc(=O)[nH]3)CC2)nc2sc(C(=O)O)c(N)c12. The van der Waals surface area contributed by atoms with Gasteiger partial charge in [-0.05, 0) is 37.0 Å². The predicted octanol–water partition coefficient (Wildman–Crippen LogP) is 2.51. The Morgan fingerprint density at radius 3 is 2.82 bits per heavy atom. The highest BCUT2D eigenvalue weighted by atomic mass is 32.1. The van der Waals surface area contributed by atoms with Gasteiger partial charge >= 0.3 is 5.97 Å². The van der Waals surface area contributed by atoms with Gasteiger partial charge in [0.1, 0.15) is 21.6 Å². The van der Waals surface area contributed by atoms with E-state index >= 15 is 0 Å². The highest BCUT2D eigenvalue weighted by molar-refractivity contribution is 7.21. The van der Waals surface area contributed by atoms with Gasteiger partial charge < -0.3 is 31.1 Å². The van der Waals surface area contributed by atoms with Crippen molar-refractivity contribution in [2.45, 2.75) is 44.8 Å². The van der Waals surface area contributed by atoms with E-state index in [1.165, 1.54) is 6.07 Å². The van der Waals surface area contributed by atoms with Gasteiger partial charge in [-0.2, -0.15) is 0 Å². The number of anilines is 2. The van der Waals surface area contributed by atoms with Gasteiger partial charge in [0.2, 0.25) is 5.56 Å². The van der Waals surface area contributed by atoms with Crippen LogP contribution in [0.4, 0.5) is 11.5 Å². The van der Waals surface area contributed by atoms with E-state index in [0.29, 0.717) is 22.8 Å². The summed E-state index contributed by atoms with van der Waals surface area (Å²) < 4.78 is 0. The molecule has 3 aromatic heterocycles. The second kappa shape index (κ2) is 9.90. The Balaban J connectivity index is 1.43. The first-order chi connectivity index (χ1) is 15.9. The summed E-state index contributed by atoms with van der Waals surface area (Å²) >= 11 is 1.13. The van der Waals surface area contributed by atoms with Gasteiger partial charge in [0, 0.05) is 42.8 Å². The molecule has 0 aromatic carbocycles. The number of hydrogen-bond acceptors (Lipinski definition) is 8. The Labute approximate surface area is 195 Å². The molecule has 0 saturated carbocycles. The highest BCUT2D eigenvalue weighted by Crippen LogP contribution is 2.37. The van der Waals surface area contributed by atoms with E-state index in [1.54, 1.807) is 12.1 Å². The number of aromatic carboxylic acids is 1. The van der Waals surface area contributed by atoms with Crippen LogP contribution in [0.3, 0.4) is 0 Å². The van der Waals surface area contributed by atoms with Gasteiger partial charge in [0.05, 0.1) is 5.69 Å². The molecule has 0 aliphatic carbocycles. The number of rotatable bonds is 8. The van der Waals surface area contributed by atoms with Crippen LogP contribution in [0.1, 0.15) is 53.2 Å². The number of H-pyrrole nitrogens is 1. The van der Waals surface area contributed by atoms with Crippen LogP contribution in [0.15, 0.2) is 29.1 Å². The third kappa shape index (κ3) is 5.02. The molecular formula is C23H29N5O4S. The van der Waals surface area contributed by atoms with E-state index in [0.717, 1.165) is 66.9 Å². The average molecular weight is 472 g/mol. The molecule has 0 spiro atoms. The number of fused-ring (bicyclic) bond motifs is 1. The molecular weight excluding hydrogens is 442 g/mol. The molecule has 6 N–H and O–H groups in total. The lowest BCUT2D eigenvalue weighted by Crippen LogP contribution is -2.44. The summed E-state index contributed by atoms with van der Waals surface area (Å²) in [4.78, 5) is 33.4. The van der Waals surface area contributed by atoms with Crippen molar-refractivity contribution < 1.29 is 15.0 Å². The maximum Gasteiger partial charge on any atom is 0.348 e. The topological polar surface area (TPSA) is 145 Å². The number of carboxylic acid groups (broad SMARTS) is 1. The van der Waals surface area contributed by atoms with Crippen molar-refractivity contribution in [2.75, 3.05) is 30.3 Å². The molecule has 4 rings (SSSR count). The van der Waals surface area contributed by atoms with Crippen LogP contribution < -0.4 is 21.5 Å². The number of nitrogens with zero attached hydrogens (tertiary/aromatic N) is 2. The van der Waals surface area contributed by atoms with Crippen molar-refractivity contribution in [1.29, 1.82) is 0 Å². The molecule has 4 heterocycles. The summed E-state index contributed by atoms with van der Waals surface area (Å²) in [6.07, 6.45) is 2.73. The van der Waals surface area contributed by atoms with Crippen LogP contribution in [0.25, 0.3) is 10.2 Å². The molecule has 0 radical (unpaired) electrons. The molecule has 0 amide bonds. The van der Waals surface area contributed by atoms with Gasteiger partial charge in [0.25, 0.3) is 0 Å². The largest absolute Gasteiger partial charge is 0.477 e. The molecule has 33 heavy (non-hydrogen) atoms. The summed E-state index contributed by atoms with van der Waals surface area (Å²) in [7, 11) is 0. The second-order valence-corrected chi connectivity index (χ2v) is 9.37. The minimum Gasteiger partial charge on any atom is -0.477 e. The van der Waals surface area contributed by atoms with Crippen LogP contribution in [0, 0.1) is 0 Å². The molecule has 1 aliphatic heterocycles. The number of pyridine rings is 2. The van der Waals surface area contributed by atoms with Crippen molar-refractivity contribution in [3.63, 3.8) is 0 Å². The maximum atomic E-state index is 11.5. The minimum absolute atomic E-state index is 0.147. The van der Waals surface area contributed by atoms with Gasteiger partial charge in [0.15, 0.2) is 0 Å². The number of aliphatic hydroxyl groups is 1. The lowest BCUT2D eigenvalue weighted by Gasteiger charge is -2.34. The second-order valence-electron chi connectivity index (χ2n) is 8.38. The van der Waals surface area contributed by atoms with Crippen molar-refractivity contribution in [2.24, 2.45) is 0 Å². The molecule has 3 aromatic rings. The Hall–Kier alpha value is -2.95. The molecule has 1 fully saturated rings. The normalized spacial score (nSPS) is 15.8. The lowest BCUT2D eigenvalue weighted by molar-refractivity contribution is 0.0703. The number of nitrogens with two attached hydrogens (primary N) is 1. The number of hydrogen-bond donors (Lipinski definition) is 5. The Morgan fingerprint density at radius 1 is 1.39 bits per heavy atom. The Morgan fingerprint density at radius 2 is 2.15 bits per heavy atom. The first-order valence-corrected chi connectivity index (χ1v) is 12.0. The van der Waals surface area contributed by atoms with Crippen molar-refractivity contribution >= 4 is 39.0 Å². The fraction of sp³-hybridized carbons (Fsp3) is 0.435. The molecule has 10 heteroatoms. The van der Waals surface area contributed by atoms with E-state index in [1.807, 2.05) is 6.07 Å². The predicted molar refractivity (Wildman–Crippen MR) is 130 cm³/mol. The molecule has 176 valence electrons. The number of aromatic amines is 1. The molecule has 1 saturated heterocycles. The van der Waals surface area contributed by atoms with Crippen LogP contribution >= 0.6 is 11.3 Å². The van der Waals surface area contributed by atoms with Gasteiger partial charge in [-0.15, -0.1) is 11.3 Å². The summed E-state index contributed by atoms with van der Waals surface area (Å²) in [5.41, 5.74) is 7.78. The third-order valence-corrected chi connectivity index (χ3v) is 7.14. The van der Waals surface area contributed by atoms with E-state index < -0.39 is 12.1 Å². The van der Waals surface area contributed by atoms with E-state index in [-0.39, 0.29) is 16.5 Å². The zero-order valence-corrected chi connectivity index (χ0v) is 19.3. The molecule has 0 bridgehead atoms. The number of piperidine rings is 1. The first-order valence-electron chi connectivity index (χ1n) is 11.2. The number of thiophene rings is 1. The number of carbonyl (C=O) groups is 1. The number of carboxylic acids is 1. The summed E-state index contributed by atoms with van der Waals surface area (Å²) in [5.74, 6) is -0.169. The number of aromatic nitrogens is 2. The fourth-order valence-electron chi connectivity index (χ4n) is 4.33. The van der Waals surface area contributed by atoms with Crippen LogP contribution in [-0.2, 0) is 6.42 Å². The van der Waals surface area contributed by atoms with Crippen LogP contribution in [0.2, 0.25) is 0 Å². The zero-order valence-electron chi connectivity index (χ0n) is 18.5. The van der Waals surface area contributed by atoms with E-state index in [9.17, 15) is 19.8 Å². The minimum atomic E-state index is -1.02.